The SMILES string of the molecule is CN(C)c1nnc(SCCC(N)C(N)=O)s1. The Morgan fingerprint density at radius 3 is 2.75 bits per heavy atom. The van der Waals surface area contributed by atoms with E-state index in [4.69, 9.17) is 11.5 Å². The van der Waals surface area contributed by atoms with Gasteiger partial charge in [0.2, 0.25) is 11.0 Å². The molecule has 0 radical (unpaired) electrons. The number of carbonyl (C=O) groups is 1. The summed E-state index contributed by atoms with van der Waals surface area (Å²) in [5.41, 5.74) is 10.6. The molecule has 1 aromatic rings. The predicted molar refractivity (Wildman–Crippen MR) is 66.7 cm³/mol. The molecule has 1 rings (SSSR count). The van der Waals surface area contributed by atoms with Crippen molar-refractivity contribution in [3.05, 3.63) is 0 Å². The minimum absolute atomic E-state index is 0.466. The Morgan fingerprint density at radius 1 is 1.56 bits per heavy atom. The number of nitrogens with zero attached hydrogens (tertiary/aromatic N) is 3. The van der Waals surface area contributed by atoms with Crippen LogP contribution in [0, 0.1) is 0 Å². The molecule has 1 atom stereocenters. The van der Waals surface area contributed by atoms with Gasteiger partial charge in [-0.1, -0.05) is 23.1 Å². The lowest BCUT2D eigenvalue weighted by Gasteiger charge is -2.05. The third-order valence-corrected chi connectivity index (χ3v) is 4.06. The fraction of sp³-hybridized carbons (Fsp3) is 0.625. The van der Waals surface area contributed by atoms with Crippen molar-refractivity contribution < 1.29 is 4.79 Å². The fourth-order valence-corrected chi connectivity index (χ4v) is 2.71. The molecule has 0 bridgehead atoms. The van der Waals surface area contributed by atoms with E-state index in [1.165, 1.54) is 23.1 Å². The fourth-order valence-electron chi connectivity index (χ4n) is 0.857. The summed E-state index contributed by atoms with van der Waals surface area (Å²) in [4.78, 5) is 12.6. The van der Waals surface area contributed by atoms with Gasteiger partial charge in [0.15, 0.2) is 4.34 Å². The minimum Gasteiger partial charge on any atom is -0.368 e. The van der Waals surface area contributed by atoms with Crippen LogP contribution in [-0.2, 0) is 4.79 Å². The first-order valence-corrected chi connectivity index (χ1v) is 6.49. The second-order valence-electron chi connectivity index (χ2n) is 3.39. The van der Waals surface area contributed by atoms with Crippen LogP contribution in [0.1, 0.15) is 6.42 Å². The number of amides is 1. The van der Waals surface area contributed by atoms with Gasteiger partial charge < -0.3 is 16.4 Å². The third-order valence-electron chi connectivity index (χ3n) is 1.80. The van der Waals surface area contributed by atoms with Crippen molar-refractivity contribution in [1.29, 1.82) is 0 Å². The van der Waals surface area contributed by atoms with Gasteiger partial charge in [-0.05, 0) is 6.42 Å². The summed E-state index contributed by atoms with van der Waals surface area (Å²) >= 11 is 3.05. The van der Waals surface area contributed by atoms with Crippen LogP contribution in [0.15, 0.2) is 4.34 Å². The summed E-state index contributed by atoms with van der Waals surface area (Å²) < 4.78 is 0.875. The van der Waals surface area contributed by atoms with Crippen LogP contribution in [0.4, 0.5) is 5.13 Å². The van der Waals surface area contributed by atoms with E-state index in [2.05, 4.69) is 10.2 Å². The Balaban J connectivity index is 2.34. The molecule has 16 heavy (non-hydrogen) atoms. The normalized spacial score (nSPS) is 12.4. The number of primary amides is 1. The molecular formula is C8H15N5OS2. The van der Waals surface area contributed by atoms with E-state index in [0.717, 1.165) is 9.47 Å². The van der Waals surface area contributed by atoms with Gasteiger partial charge in [0.05, 0.1) is 6.04 Å². The molecule has 1 unspecified atom stereocenters. The molecule has 0 saturated heterocycles. The van der Waals surface area contributed by atoms with Crippen LogP contribution < -0.4 is 16.4 Å². The number of hydrogen-bond donors (Lipinski definition) is 2. The predicted octanol–water partition coefficient (Wildman–Crippen LogP) is -0.101. The summed E-state index contributed by atoms with van der Waals surface area (Å²) in [5.74, 6) is 0.249. The van der Waals surface area contributed by atoms with Crippen LogP contribution in [0.2, 0.25) is 0 Å². The Hall–Kier alpha value is -0.860. The van der Waals surface area contributed by atoms with E-state index < -0.39 is 11.9 Å². The van der Waals surface area contributed by atoms with E-state index in [0.29, 0.717) is 12.2 Å². The first-order valence-electron chi connectivity index (χ1n) is 4.69. The maximum Gasteiger partial charge on any atom is 0.234 e. The van der Waals surface area contributed by atoms with E-state index in [1.54, 1.807) is 0 Å². The number of nitrogens with two attached hydrogens (primary N) is 2. The van der Waals surface area contributed by atoms with Crippen LogP contribution in [0.5, 0.6) is 0 Å². The quantitative estimate of drug-likeness (QED) is 0.694. The lowest BCUT2D eigenvalue weighted by atomic mass is 10.2. The van der Waals surface area contributed by atoms with Crippen LogP contribution in [0.3, 0.4) is 0 Å². The molecule has 1 heterocycles. The number of aromatic nitrogens is 2. The smallest absolute Gasteiger partial charge is 0.234 e. The average Bonchev–Trinajstić information content (AvgIpc) is 2.66. The van der Waals surface area contributed by atoms with Crippen molar-refractivity contribution in [3.8, 4) is 0 Å². The number of hydrogen-bond acceptors (Lipinski definition) is 7. The Labute approximate surface area is 102 Å². The number of carbonyl (C=O) groups excluding carboxylic acids is 1. The molecule has 4 N–H and O–H groups in total. The van der Waals surface area contributed by atoms with E-state index in [-0.39, 0.29) is 0 Å². The lowest BCUT2D eigenvalue weighted by Crippen LogP contribution is -2.36. The molecule has 0 spiro atoms. The van der Waals surface area contributed by atoms with Gasteiger partial charge in [-0.2, -0.15) is 0 Å². The topological polar surface area (TPSA) is 98.1 Å². The Kier molecular flexibility index (Phi) is 4.97. The second kappa shape index (κ2) is 6.02. The summed E-state index contributed by atoms with van der Waals surface area (Å²) in [5, 5.41) is 8.87. The highest BCUT2D eigenvalue weighted by molar-refractivity contribution is 8.01. The van der Waals surface area contributed by atoms with Gasteiger partial charge in [0.1, 0.15) is 0 Å². The zero-order chi connectivity index (χ0) is 12.1. The first-order chi connectivity index (χ1) is 7.50. The number of thioether (sulfide) groups is 1. The summed E-state index contributed by atoms with van der Waals surface area (Å²) in [6.07, 6.45) is 0.552. The highest BCUT2D eigenvalue weighted by atomic mass is 32.2. The van der Waals surface area contributed by atoms with Gasteiger partial charge in [-0.15, -0.1) is 10.2 Å². The molecule has 0 aliphatic carbocycles. The number of rotatable bonds is 6. The monoisotopic (exact) mass is 261 g/mol. The van der Waals surface area contributed by atoms with E-state index in [1.807, 2.05) is 19.0 Å². The molecule has 1 amide bonds. The molecule has 0 aliphatic rings. The largest absolute Gasteiger partial charge is 0.368 e. The van der Waals surface area contributed by atoms with Crippen molar-refractivity contribution in [2.24, 2.45) is 11.5 Å². The summed E-state index contributed by atoms with van der Waals surface area (Å²) in [7, 11) is 3.83. The zero-order valence-electron chi connectivity index (χ0n) is 9.21. The Morgan fingerprint density at radius 2 is 2.25 bits per heavy atom. The molecule has 8 heteroatoms. The molecule has 0 aliphatic heterocycles. The second-order valence-corrected chi connectivity index (χ2v) is 5.69. The minimum atomic E-state index is -0.575. The van der Waals surface area contributed by atoms with Gasteiger partial charge in [-0.3, -0.25) is 4.79 Å². The summed E-state index contributed by atoms with van der Waals surface area (Å²) in [6, 6.07) is -0.575. The lowest BCUT2D eigenvalue weighted by molar-refractivity contribution is -0.119. The number of anilines is 1. The zero-order valence-corrected chi connectivity index (χ0v) is 10.8. The molecule has 6 nitrogen and oxygen atoms in total. The highest BCUT2D eigenvalue weighted by Crippen LogP contribution is 2.27. The van der Waals surface area contributed by atoms with Gasteiger partial charge >= 0.3 is 0 Å². The maximum atomic E-state index is 10.7. The van der Waals surface area contributed by atoms with Crippen molar-refractivity contribution in [2.45, 2.75) is 16.8 Å². The van der Waals surface area contributed by atoms with E-state index >= 15 is 0 Å². The third kappa shape index (κ3) is 3.95. The van der Waals surface area contributed by atoms with Crippen LogP contribution in [-0.4, -0.2) is 42.0 Å². The standard InChI is InChI=1S/C8H15N5OS2/c1-13(2)7-11-12-8(16-7)15-4-3-5(9)6(10)14/h5H,3-4,9H2,1-2H3,(H2,10,14). The molecule has 0 fully saturated rings. The van der Waals surface area contributed by atoms with Crippen molar-refractivity contribution in [2.75, 3.05) is 24.7 Å². The molecular weight excluding hydrogens is 246 g/mol. The van der Waals surface area contributed by atoms with Gasteiger partial charge in [0.25, 0.3) is 0 Å². The van der Waals surface area contributed by atoms with E-state index in [9.17, 15) is 4.79 Å². The molecule has 90 valence electrons. The first kappa shape index (κ1) is 13.2. The van der Waals surface area contributed by atoms with Crippen LogP contribution in [0.25, 0.3) is 0 Å². The average molecular weight is 261 g/mol. The molecule has 1 aromatic heterocycles. The molecule has 0 saturated carbocycles. The summed E-state index contributed by atoms with van der Waals surface area (Å²) in [6.45, 7) is 0. The van der Waals surface area contributed by atoms with Gasteiger partial charge in [0, 0.05) is 19.8 Å². The maximum absolute atomic E-state index is 10.7. The van der Waals surface area contributed by atoms with Crippen molar-refractivity contribution >= 4 is 34.1 Å². The van der Waals surface area contributed by atoms with Crippen molar-refractivity contribution in [3.63, 3.8) is 0 Å². The highest BCUT2D eigenvalue weighted by Gasteiger charge is 2.10. The van der Waals surface area contributed by atoms with Crippen molar-refractivity contribution in [1.82, 2.24) is 10.2 Å². The Bertz CT molecular complexity index is 354. The molecule has 0 aromatic carbocycles. The van der Waals surface area contributed by atoms with Gasteiger partial charge in [-0.25, -0.2) is 0 Å². The van der Waals surface area contributed by atoms with Crippen LogP contribution >= 0.6 is 23.1 Å².